The lowest BCUT2D eigenvalue weighted by atomic mass is 10.2. The maximum absolute atomic E-state index is 11.1. The van der Waals surface area contributed by atoms with Gasteiger partial charge >= 0.3 is 5.97 Å². The number of esters is 1. The fourth-order valence-corrected chi connectivity index (χ4v) is 0.796. The smallest absolute Gasteiger partial charge is 0.338 e. The van der Waals surface area contributed by atoms with E-state index in [0.717, 1.165) is 0 Å². The van der Waals surface area contributed by atoms with Gasteiger partial charge in [-0.3, -0.25) is 0 Å². The van der Waals surface area contributed by atoms with Crippen LogP contribution in [0.25, 0.3) is 0 Å². The third-order valence-electron chi connectivity index (χ3n) is 1.43. The molecule has 0 fully saturated rings. The highest BCUT2D eigenvalue weighted by atomic mass is 16.5. The molecule has 0 spiro atoms. The molecule has 0 aliphatic rings. The Labute approximate surface area is 93.9 Å². The normalized spacial score (nSPS) is 8.94. The maximum Gasteiger partial charge on any atom is 0.338 e. The van der Waals surface area contributed by atoms with E-state index in [-0.39, 0.29) is 26.4 Å². The van der Waals surface area contributed by atoms with E-state index in [9.17, 15) is 4.79 Å². The van der Waals surface area contributed by atoms with Gasteiger partial charge < -0.3 is 20.1 Å². The van der Waals surface area contributed by atoms with Crippen molar-refractivity contribution in [3.8, 4) is 0 Å². The quantitative estimate of drug-likeness (QED) is 0.622. The molecular weight excluding hydrogens is 212 g/mol. The van der Waals surface area contributed by atoms with Crippen LogP contribution in [0.1, 0.15) is 10.4 Å². The second kappa shape index (κ2) is 10.1. The molecular formula is C11H16O5. The first-order chi connectivity index (χ1) is 7.76. The molecule has 0 amide bonds. The summed E-state index contributed by atoms with van der Waals surface area (Å²) in [7, 11) is 0. The predicted octanol–water partition coefficient (Wildman–Crippen LogP) is -0.193. The van der Waals surface area contributed by atoms with E-state index in [1.807, 2.05) is 6.07 Å². The zero-order valence-corrected chi connectivity index (χ0v) is 8.87. The van der Waals surface area contributed by atoms with Crippen LogP contribution in [0.15, 0.2) is 30.3 Å². The van der Waals surface area contributed by atoms with Crippen molar-refractivity contribution in [2.45, 2.75) is 0 Å². The van der Waals surface area contributed by atoms with Crippen molar-refractivity contribution in [1.82, 2.24) is 0 Å². The number of carbonyl (C=O) groups excluding carboxylic acids is 1. The van der Waals surface area contributed by atoms with E-state index in [1.54, 1.807) is 24.3 Å². The van der Waals surface area contributed by atoms with Gasteiger partial charge in [-0.15, -0.1) is 0 Å². The second-order valence-electron chi connectivity index (χ2n) is 2.67. The summed E-state index contributed by atoms with van der Waals surface area (Å²) < 4.78 is 4.69. The van der Waals surface area contributed by atoms with Crippen molar-refractivity contribution in [1.29, 1.82) is 0 Å². The fourth-order valence-electron chi connectivity index (χ4n) is 0.796. The summed E-state index contributed by atoms with van der Waals surface area (Å²) in [5, 5.41) is 23.6. The van der Waals surface area contributed by atoms with Crippen molar-refractivity contribution in [3.63, 3.8) is 0 Å². The summed E-state index contributed by atoms with van der Waals surface area (Å²) in [6.07, 6.45) is 0. The van der Waals surface area contributed by atoms with Gasteiger partial charge in [-0.2, -0.15) is 0 Å². The topological polar surface area (TPSA) is 87.0 Å². The highest BCUT2D eigenvalue weighted by Crippen LogP contribution is 2.00. The second-order valence-corrected chi connectivity index (χ2v) is 2.67. The molecule has 0 unspecified atom stereocenters. The molecule has 0 saturated heterocycles. The maximum atomic E-state index is 11.1. The van der Waals surface area contributed by atoms with Gasteiger partial charge in [-0.1, -0.05) is 18.2 Å². The highest BCUT2D eigenvalue weighted by Gasteiger charge is 2.03. The van der Waals surface area contributed by atoms with Crippen LogP contribution >= 0.6 is 0 Å². The molecule has 1 aromatic rings. The molecule has 0 bridgehead atoms. The van der Waals surface area contributed by atoms with Crippen LogP contribution in [-0.4, -0.2) is 47.7 Å². The molecule has 5 nitrogen and oxygen atoms in total. The van der Waals surface area contributed by atoms with Crippen LogP contribution in [0, 0.1) is 0 Å². The zero-order valence-electron chi connectivity index (χ0n) is 8.87. The van der Waals surface area contributed by atoms with Gasteiger partial charge in [0.15, 0.2) is 0 Å². The Kier molecular flexibility index (Phi) is 9.20. The van der Waals surface area contributed by atoms with Crippen LogP contribution in [-0.2, 0) is 4.74 Å². The summed E-state index contributed by atoms with van der Waals surface area (Å²) in [6.45, 7) is -0.341. The Morgan fingerprint density at radius 3 is 2.00 bits per heavy atom. The van der Waals surface area contributed by atoms with Crippen LogP contribution in [0.4, 0.5) is 0 Å². The minimum absolute atomic E-state index is 0.0493. The largest absolute Gasteiger partial charge is 0.460 e. The third kappa shape index (κ3) is 6.94. The Morgan fingerprint density at radius 1 is 1.00 bits per heavy atom. The van der Waals surface area contributed by atoms with Crippen molar-refractivity contribution in [2.24, 2.45) is 0 Å². The monoisotopic (exact) mass is 228 g/mol. The van der Waals surface area contributed by atoms with Gasteiger partial charge in [-0.25, -0.2) is 4.79 Å². The van der Waals surface area contributed by atoms with Crippen molar-refractivity contribution in [3.05, 3.63) is 35.9 Å². The van der Waals surface area contributed by atoms with E-state index >= 15 is 0 Å². The Bertz CT molecular complexity index is 271. The average molecular weight is 228 g/mol. The zero-order chi connectivity index (χ0) is 12.2. The van der Waals surface area contributed by atoms with Gasteiger partial charge in [0.1, 0.15) is 6.61 Å². The van der Waals surface area contributed by atoms with Gasteiger partial charge in [0.25, 0.3) is 0 Å². The van der Waals surface area contributed by atoms with Gasteiger partial charge in [-0.05, 0) is 12.1 Å². The average Bonchev–Trinajstić information content (AvgIpc) is 2.37. The number of hydrogen-bond acceptors (Lipinski definition) is 5. The van der Waals surface area contributed by atoms with Gasteiger partial charge in [0.2, 0.25) is 0 Å². The Hall–Kier alpha value is -1.43. The molecule has 0 radical (unpaired) electrons. The lowest BCUT2D eigenvalue weighted by Gasteiger charge is -2.00. The van der Waals surface area contributed by atoms with Crippen LogP contribution in [0.2, 0.25) is 0 Å². The molecule has 0 saturated carbocycles. The van der Waals surface area contributed by atoms with Crippen molar-refractivity contribution >= 4 is 5.97 Å². The van der Waals surface area contributed by atoms with Crippen molar-refractivity contribution < 1.29 is 24.9 Å². The SMILES string of the molecule is O=C(OCCO)c1ccccc1.OCCO. The first-order valence-electron chi connectivity index (χ1n) is 4.81. The number of ether oxygens (including phenoxy) is 1. The molecule has 0 aliphatic carbocycles. The molecule has 16 heavy (non-hydrogen) atoms. The number of hydrogen-bond donors (Lipinski definition) is 3. The molecule has 3 N–H and O–H groups in total. The predicted molar refractivity (Wildman–Crippen MR) is 58.0 cm³/mol. The standard InChI is InChI=1S/C9H10O3.C2H6O2/c10-6-7-12-9(11)8-4-2-1-3-5-8;3-1-2-4/h1-5,10H,6-7H2;3-4H,1-2H2. The van der Waals surface area contributed by atoms with Gasteiger partial charge in [0.05, 0.1) is 25.4 Å². The molecule has 0 heterocycles. The van der Waals surface area contributed by atoms with Crippen LogP contribution in [0.3, 0.4) is 0 Å². The number of aliphatic hydroxyl groups is 3. The van der Waals surface area contributed by atoms with Gasteiger partial charge in [0, 0.05) is 0 Å². The molecule has 90 valence electrons. The fraction of sp³-hybridized carbons (Fsp3) is 0.364. The van der Waals surface area contributed by atoms with E-state index in [2.05, 4.69) is 4.74 Å². The first-order valence-corrected chi connectivity index (χ1v) is 4.81. The summed E-state index contributed by atoms with van der Waals surface area (Å²) in [5.41, 5.74) is 0.506. The minimum Gasteiger partial charge on any atom is -0.460 e. The number of aliphatic hydroxyl groups excluding tert-OH is 3. The van der Waals surface area contributed by atoms with E-state index in [4.69, 9.17) is 15.3 Å². The first kappa shape index (κ1) is 14.6. The van der Waals surface area contributed by atoms with Crippen LogP contribution < -0.4 is 0 Å². The summed E-state index contributed by atoms with van der Waals surface area (Å²) >= 11 is 0. The summed E-state index contributed by atoms with van der Waals surface area (Å²) in [4.78, 5) is 11.1. The minimum atomic E-state index is -0.398. The lowest BCUT2D eigenvalue weighted by molar-refractivity contribution is 0.0434. The molecule has 0 aromatic heterocycles. The summed E-state index contributed by atoms with van der Waals surface area (Å²) in [5.74, 6) is -0.398. The molecule has 1 rings (SSSR count). The molecule has 0 aliphatic heterocycles. The Morgan fingerprint density at radius 2 is 1.56 bits per heavy atom. The molecule has 0 atom stereocenters. The number of carbonyl (C=O) groups is 1. The Balaban J connectivity index is 0.000000487. The summed E-state index contributed by atoms with van der Waals surface area (Å²) in [6, 6.07) is 8.67. The van der Waals surface area contributed by atoms with E-state index < -0.39 is 5.97 Å². The van der Waals surface area contributed by atoms with E-state index in [0.29, 0.717) is 5.56 Å². The number of benzene rings is 1. The highest BCUT2D eigenvalue weighted by molar-refractivity contribution is 5.89. The lowest BCUT2D eigenvalue weighted by Crippen LogP contribution is -2.08. The third-order valence-corrected chi connectivity index (χ3v) is 1.43. The van der Waals surface area contributed by atoms with Crippen molar-refractivity contribution in [2.75, 3.05) is 26.4 Å². The molecule has 5 heteroatoms. The van der Waals surface area contributed by atoms with E-state index in [1.165, 1.54) is 0 Å². The van der Waals surface area contributed by atoms with Crippen LogP contribution in [0.5, 0.6) is 0 Å². The number of rotatable bonds is 4. The molecule has 1 aromatic carbocycles.